The van der Waals surface area contributed by atoms with Crippen LogP contribution in [0.15, 0.2) is 22.7 Å². The number of hydrogen-bond donors (Lipinski definition) is 1. The Labute approximate surface area is 115 Å². The second kappa shape index (κ2) is 4.81. The number of aromatic nitrogens is 1. The van der Waals surface area contributed by atoms with Crippen LogP contribution in [0.4, 0.5) is 5.69 Å². The van der Waals surface area contributed by atoms with Crippen LogP contribution in [-0.2, 0) is 0 Å². The van der Waals surface area contributed by atoms with Gasteiger partial charge in [-0.3, -0.25) is 10.1 Å². The fraction of sp³-hybridized carbons (Fsp3) is 0.0909. The quantitative estimate of drug-likeness (QED) is 0.687. The summed E-state index contributed by atoms with van der Waals surface area (Å²) in [5.41, 5.74) is -0.256. The summed E-state index contributed by atoms with van der Waals surface area (Å²) >= 11 is 3.14. The average Bonchev–Trinajstić information content (AvgIpc) is 2.36. The van der Waals surface area contributed by atoms with E-state index in [0.29, 0.717) is 4.47 Å². The van der Waals surface area contributed by atoms with Gasteiger partial charge in [0.15, 0.2) is 5.75 Å². The van der Waals surface area contributed by atoms with Crippen LogP contribution < -0.4 is 4.74 Å². The number of nitrogens with zero attached hydrogens (tertiary/aromatic N) is 2. The Hall–Kier alpha value is -2.22. The number of carboxylic acid groups (broad SMARTS) is 1. The third kappa shape index (κ3) is 2.22. The van der Waals surface area contributed by atoms with Crippen LogP contribution >= 0.6 is 15.9 Å². The summed E-state index contributed by atoms with van der Waals surface area (Å²) in [5, 5.41) is 20.1. The van der Waals surface area contributed by atoms with Gasteiger partial charge >= 0.3 is 5.97 Å². The van der Waals surface area contributed by atoms with E-state index in [0.717, 1.165) is 0 Å². The van der Waals surface area contributed by atoms with Gasteiger partial charge in [-0.1, -0.05) is 0 Å². The zero-order valence-electron chi connectivity index (χ0n) is 9.58. The fourth-order valence-electron chi connectivity index (χ4n) is 1.68. The maximum absolute atomic E-state index is 11.0. The van der Waals surface area contributed by atoms with E-state index in [9.17, 15) is 14.9 Å². The van der Waals surface area contributed by atoms with Crippen molar-refractivity contribution < 1.29 is 19.6 Å². The van der Waals surface area contributed by atoms with Gasteiger partial charge in [-0.05, 0) is 28.1 Å². The zero-order valence-corrected chi connectivity index (χ0v) is 11.2. The van der Waals surface area contributed by atoms with Crippen LogP contribution in [0.25, 0.3) is 10.9 Å². The number of ether oxygens (including phenoxy) is 1. The van der Waals surface area contributed by atoms with Crippen molar-refractivity contribution >= 4 is 38.5 Å². The number of hydrogen-bond acceptors (Lipinski definition) is 5. The molecule has 98 valence electrons. The molecular formula is C11H7BrN2O5. The molecule has 0 atom stereocenters. The van der Waals surface area contributed by atoms with E-state index >= 15 is 0 Å². The number of carboxylic acids is 1. The van der Waals surface area contributed by atoms with Crippen LogP contribution in [0.1, 0.15) is 10.5 Å². The highest BCUT2D eigenvalue weighted by atomic mass is 79.9. The van der Waals surface area contributed by atoms with Gasteiger partial charge in [0, 0.05) is 6.07 Å². The van der Waals surface area contributed by atoms with E-state index in [1.165, 1.54) is 25.3 Å². The third-order valence-corrected chi connectivity index (χ3v) is 3.08. The normalized spacial score (nSPS) is 10.4. The van der Waals surface area contributed by atoms with Gasteiger partial charge in [0.25, 0.3) is 5.69 Å². The van der Waals surface area contributed by atoms with Gasteiger partial charge in [-0.2, -0.15) is 0 Å². The molecule has 0 amide bonds. The number of benzene rings is 1. The second-order valence-corrected chi connectivity index (χ2v) is 4.42. The number of non-ortho nitro benzene ring substituents is 1. The number of nitro groups is 1. The molecule has 0 fully saturated rings. The molecule has 0 spiro atoms. The molecular weight excluding hydrogens is 320 g/mol. The molecule has 1 aromatic heterocycles. The summed E-state index contributed by atoms with van der Waals surface area (Å²) in [6, 6.07) is 3.85. The molecule has 8 heteroatoms. The number of rotatable bonds is 3. The number of halogens is 1. The molecule has 2 rings (SSSR count). The van der Waals surface area contributed by atoms with Gasteiger partial charge in [-0.25, -0.2) is 9.78 Å². The van der Waals surface area contributed by atoms with E-state index in [-0.39, 0.29) is 28.0 Å². The van der Waals surface area contributed by atoms with Crippen molar-refractivity contribution in [3.05, 3.63) is 38.5 Å². The fourth-order valence-corrected chi connectivity index (χ4v) is 2.25. The van der Waals surface area contributed by atoms with Crippen LogP contribution in [0.3, 0.4) is 0 Å². The highest BCUT2D eigenvalue weighted by Gasteiger charge is 2.21. The van der Waals surface area contributed by atoms with Gasteiger partial charge < -0.3 is 9.84 Å². The predicted octanol–water partition coefficient (Wildman–Crippen LogP) is 2.61. The predicted molar refractivity (Wildman–Crippen MR) is 69.6 cm³/mol. The molecule has 0 bridgehead atoms. The lowest BCUT2D eigenvalue weighted by atomic mass is 10.1. The van der Waals surface area contributed by atoms with Crippen LogP contribution in [-0.4, -0.2) is 28.1 Å². The van der Waals surface area contributed by atoms with Crippen molar-refractivity contribution in [3.63, 3.8) is 0 Å². The van der Waals surface area contributed by atoms with Gasteiger partial charge in [0.2, 0.25) is 0 Å². The standard InChI is InChI=1S/C11H7BrN2O5/c1-19-10-6(12)4-8(14(17)18)5-2-3-7(11(15)16)13-9(5)10/h2-4H,1H3,(H,15,16). The van der Waals surface area contributed by atoms with Crippen LogP contribution in [0.2, 0.25) is 0 Å². The third-order valence-electron chi connectivity index (χ3n) is 2.49. The number of aromatic carboxylic acids is 1. The zero-order chi connectivity index (χ0) is 14.2. The van der Waals surface area contributed by atoms with Crippen molar-refractivity contribution in [1.29, 1.82) is 0 Å². The maximum Gasteiger partial charge on any atom is 0.354 e. The number of pyridine rings is 1. The summed E-state index contributed by atoms with van der Waals surface area (Å²) in [5.74, 6) is -0.963. The molecule has 0 unspecified atom stereocenters. The molecule has 0 aliphatic rings. The highest BCUT2D eigenvalue weighted by molar-refractivity contribution is 9.10. The van der Waals surface area contributed by atoms with E-state index < -0.39 is 10.9 Å². The van der Waals surface area contributed by atoms with Gasteiger partial charge in [-0.15, -0.1) is 0 Å². The minimum Gasteiger partial charge on any atom is -0.493 e. The highest BCUT2D eigenvalue weighted by Crippen LogP contribution is 2.38. The molecule has 0 saturated heterocycles. The summed E-state index contributed by atoms with van der Waals surface area (Å²) in [4.78, 5) is 25.2. The first-order valence-electron chi connectivity index (χ1n) is 5.00. The Kier molecular flexibility index (Phi) is 3.34. The molecule has 1 aromatic carbocycles. The molecule has 1 heterocycles. The maximum atomic E-state index is 11.0. The van der Waals surface area contributed by atoms with Crippen molar-refractivity contribution in [2.24, 2.45) is 0 Å². The Balaban J connectivity index is 2.91. The number of carbonyl (C=O) groups is 1. The van der Waals surface area contributed by atoms with Crippen LogP contribution in [0, 0.1) is 10.1 Å². The molecule has 0 aliphatic heterocycles. The summed E-state index contributed by atoms with van der Waals surface area (Å²) in [6.07, 6.45) is 0. The Morgan fingerprint density at radius 3 is 2.74 bits per heavy atom. The lowest BCUT2D eigenvalue weighted by Gasteiger charge is -2.08. The molecule has 19 heavy (non-hydrogen) atoms. The van der Waals surface area contributed by atoms with E-state index in [1.807, 2.05) is 0 Å². The number of methoxy groups -OCH3 is 1. The number of nitro benzene ring substituents is 1. The Morgan fingerprint density at radius 2 is 2.21 bits per heavy atom. The van der Waals surface area contributed by atoms with Crippen LogP contribution in [0.5, 0.6) is 5.75 Å². The largest absolute Gasteiger partial charge is 0.493 e. The lowest BCUT2D eigenvalue weighted by molar-refractivity contribution is -0.383. The van der Waals surface area contributed by atoms with E-state index in [2.05, 4.69) is 20.9 Å². The smallest absolute Gasteiger partial charge is 0.354 e. The molecule has 0 radical (unpaired) electrons. The van der Waals surface area contributed by atoms with Gasteiger partial charge in [0.1, 0.15) is 11.2 Å². The molecule has 0 saturated carbocycles. The van der Waals surface area contributed by atoms with Crippen molar-refractivity contribution in [2.45, 2.75) is 0 Å². The first-order chi connectivity index (χ1) is 8.95. The van der Waals surface area contributed by atoms with E-state index in [1.54, 1.807) is 0 Å². The Morgan fingerprint density at radius 1 is 1.53 bits per heavy atom. The molecule has 7 nitrogen and oxygen atoms in total. The topological polar surface area (TPSA) is 103 Å². The molecule has 2 aromatic rings. The van der Waals surface area contributed by atoms with Gasteiger partial charge in [0.05, 0.1) is 21.9 Å². The van der Waals surface area contributed by atoms with Crippen molar-refractivity contribution in [3.8, 4) is 5.75 Å². The molecule has 1 N–H and O–H groups in total. The summed E-state index contributed by atoms with van der Waals surface area (Å²) in [6.45, 7) is 0. The first kappa shape index (κ1) is 13.2. The Bertz CT molecular complexity index is 701. The average molecular weight is 327 g/mol. The lowest BCUT2D eigenvalue weighted by Crippen LogP contribution is -2.02. The first-order valence-corrected chi connectivity index (χ1v) is 5.80. The van der Waals surface area contributed by atoms with Crippen molar-refractivity contribution in [2.75, 3.05) is 7.11 Å². The second-order valence-electron chi connectivity index (χ2n) is 3.57. The molecule has 0 aliphatic carbocycles. The monoisotopic (exact) mass is 326 g/mol. The SMILES string of the molecule is COc1c(Br)cc([N+](=O)[O-])c2ccc(C(=O)O)nc12. The number of fused-ring (bicyclic) bond motifs is 1. The van der Waals surface area contributed by atoms with Crippen molar-refractivity contribution in [1.82, 2.24) is 4.98 Å². The summed E-state index contributed by atoms with van der Waals surface area (Å²) < 4.78 is 5.44. The minimum atomic E-state index is -1.22. The summed E-state index contributed by atoms with van der Waals surface area (Å²) in [7, 11) is 1.38. The van der Waals surface area contributed by atoms with E-state index in [4.69, 9.17) is 9.84 Å². The minimum absolute atomic E-state index is 0.128.